The van der Waals surface area contributed by atoms with Gasteiger partial charge < -0.3 is 5.73 Å². The minimum absolute atomic E-state index is 0.211. The number of hydrogen-bond donors (Lipinski definition) is 2. The number of nitrogen functional groups attached to an aromatic ring is 1. The maximum atomic E-state index is 13.1. The minimum Gasteiger partial charge on any atom is -0.391 e. The van der Waals surface area contributed by atoms with E-state index in [1.54, 1.807) is 0 Å². The van der Waals surface area contributed by atoms with E-state index >= 15 is 0 Å². The number of nitrogens with zero attached hydrogens (tertiary/aromatic N) is 1. The summed E-state index contributed by atoms with van der Waals surface area (Å²) >= 11 is 3.84. The number of nitro benzene ring substituents is 1. The Morgan fingerprint density at radius 3 is 2.80 bits per heavy atom. The van der Waals surface area contributed by atoms with Crippen molar-refractivity contribution in [3.63, 3.8) is 0 Å². The van der Waals surface area contributed by atoms with Crippen molar-refractivity contribution < 1.29 is 9.31 Å². The summed E-state index contributed by atoms with van der Waals surface area (Å²) in [4.78, 5) is 9.75. The second kappa shape index (κ2) is 4.66. The fourth-order valence-electron chi connectivity index (χ4n) is 0.968. The number of anilines is 1. The van der Waals surface area contributed by atoms with Crippen LogP contribution in [0.4, 0.5) is 15.8 Å². The summed E-state index contributed by atoms with van der Waals surface area (Å²) in [6, 6.07) is 2.19. The van der Waals surface area contributed by atoms with E-state index in [1.807, 2.05) is 0 Å². The number of rotatable bonds is 1. The van der Waals surface area contributed by atoms with Crippen molar-refractivity contribution in [3.05, 3.63) is 33.6 Å². The Morgan fingerprint density at radius 1 is 1.60 bits per heavy atom. The number of thiol groups is 1. The zero-order chi connectivity index (χ0) is 11.4. The van der Waals surface area contributed by atoms with Gasteiger partial charge in [0.15, 0.2) is 5.82 Å². The maximum absolute atomic E-state index is 13.1. The first kappa shape index (κ1) is 11.3. The van der Waals surface area contributed by atoms with Crippen LogP contribution in [0.1, 0.15) is 5.56 Å². The molecule has 0 aliphatic heterocycles. The van der Waals surface area contributed by atoms with Gasteiger partial charge in [-0.3, -0.25) is 10.1 Å². The van der Waals surface area contributed by atoms with E-state index < -0.39 is 22.1 Å². The molecule has 0 fully saturated rings. The number of hydrogen-bond acceptors (Lipinski definition) is 4. The van der Waals surface area contributed by atoms with Crippen molar-refractivity contribution in [1.29, 1.82) is 0 Å². The molecule has 0 unspecified atom stereocenters. The molecule has 0 radical (unpaired) electrons. The van der Waals surface area contributed by atoms with Crippen LogP contribution in [-0.4, -0.2) is 10.7 Å². The summed E-state index contributed by atoms with van der Waals surface area (Å²) in [5.74, 6) is 4.54. The van der Waals surface area contributed by atoms with Crippen molar-refractivity contribution in [2.45, 2.75) is 0 Å². The largest absolute Gasteiger partial charge is 0.391 e. The highest BCUT2D eigenvalue weighted by molar-refractivity contribution is 7.80. The average molecular weight is 226 g/mol. The molecule has 0 atom stereocenters. The molecule has 1 aromatic rings. The molecule has 6 heteroatoms. The van der Waals surface area contributed by atoms with Gasteiger partial charge in [0.1, 0.15) is 5.69 Å². The number of nitro groups is 1. The molecule has 0 aliphatic carbocycles. The van der Waals surface area contributed by atoms with Crippen LogP contribution in [-0.2, 0) is 0 Å². The normalized spacial score (nSPS) is 9.20. The maximum Gasteiger partial charge on any atom is 0.296 e. The molecule has 0 heterocycles. The Hall–Kier alpha value is -1.74. The van der Waals surface area contributed by atoms with Crippen molar-refractivity contribution in [1.82, 2.24) is 0 Å². The fourth-order valence-corrected chi connectivity index (χ4v) is 1.05. The van der Waals surface area contributed by atoms with Crippen molar-refractivity contribution in [2.75, 3.05) is 11.5 Å². The van der Waals surface area contributed by atoms with Gasteiger partial charge in [-0.2, -0.15) is 12.6 Å². The van der Waals surface area contributed by atoms with Gasteiger partial charge in [-0.05, 0) is 6.07 Å². The second-order valence-electron chi connectivity index (χ2n) is 2.61. The van der Waals surface area contributed by atoms with Gasteiger partial charge in [0.05, 0.1) is 10.7 Å². The van der Waals surface area contributed by atoms with Crippen LogP contribution in [0.15, 0.2) is 12.1 Å². The van der Waals surface area contributed by atoms with Gasteiger partial charge in [0, 0.05) is 11.6 Å². The van der Waals surface area contributed by atoms with E-state index in [4.69, 9.17) is 5.73 Å². The highest BCUT2D eigenvalue weighted by atomic mass is 32.1. The van der Waals surface area contributed by atoms with Crippen LogP contribution >= 0.6 is 12.6 Å². The Morgan fingerprint density at radius 2 is 2.27 bits per heavy atom. The first-order valence-electron chi connectivity index (χ1n) is 3.89. The summed E-state index contributed by atoms with van der Waals surface area (Å²) in [5, 5.41) is 10.5. The van der Waals surface area contributed by atoms with Gasteiger partial charge in [0.25, 0.3) is 5.69 Å². The lowest BCUT2D eigenvalue weighted by atomic mass is 10.1. The van der Waals surface area contributed by atoms with Gasteiger partial charge in [0.2, 0.25) is 0 Å². The molecule has 0 spiro atoms. The van der Waals surface area contributed by atoms with E-state index in [1.165, 1.54) is 0 Å². The summed E-state index contributed by atoms with van der Waals surface area (Å²) in [5.41, 5.74) is 4.46. The number of nitrogens with two attached hydrogens (primary N) is 1. The van der Waals surface area contributed by atoms with Gasteiger partial charge in [-0.25, -0.2) is 4.39 Å². The van der Waals surface area contributed by atoms with E-state index in [2.05, 4.69) is 24.5 Å². The van der Waals surface area contributed by atoms with Crippen LogP contribution in [0, 0.1) is 27.8 Å². The topological polar surface area (TPSA) is 69.2 Å². The Labute approximate surface area is 90.8 Å². The molecule has 1 aromatic carbocycles. The van der Waals surface area contributed by atoms with Gasteiger partial charge in [-0.15, -0.1) is 0 Å². The molecule has 0 saturated carbocycles. The predicted octanol–water partition coefficient (Wildman–Crippen LogP) is 1.60. The Balaban J connectivity index is 3.29. The van der Waals surface area contributed by atoms with E-state index in [0.717, 1.165) is 12.1 Å². The number of benzene rings is 1. The van der Waals surface area contributed by atoms with E-state index in [-0.39, 0.29) is 5.56 Å². The van der Waals surface area contributed by atoms with Crippen LogP contribution in [0.5, 0.6) is 0 Å². The third-order valence-electron chi connectivity index (χ3n) is 1.62. The highest BCUT2D eigenvalue weighted by Gasteiger charge is 2.16. The summed E-state index contributed by atoms with van der Waals surface area (Å²) in [7, 11) is 0. The smallest absolute Gasteiger partial charge is 0.296 e. The molecular formula is C9H7FN2O2S. The SMILES string of the molecule is Nc1c(F)cc(C#CCS)cc1[N+](=O)[O-]. The van der Waals surface area contributed by atoms with Crippen LogP contribution in [0.25, 0.3) is 0 Å². The molecule has 2 N–H and O–H groups in total. The molecule has 1 rings (SSSR count). The average Bonchev–Trinajstić information content (AvgIpc) is 2.19. The lowest BCUT2D eigenvalue weighted by molar-refractivity contribution is -0.384. The fraction of sp³-hybridized carbons (Fsp3) is 0.111. The molecule has 78 valence electrons. The molecule has 0 aromatic heterocycles. The lowest BCUT2D eigenvalue weighted by Crippen LogP contribution is -1.99. The zero-order valence-corrected chi connectivity index (χ0v) is 8.42. The highest BCUT2D eigenvalue weighted by Crippen LogP contribution is 2.25. The predicted molar refractivity (Wildman–Crippen MR) is 58.2 cm³/mol. The first-order valence-corrected chi connectivity index (χ1v) is 4.52. The number of halogens is 1. The third-order valence-corrected chi connectivity index (χ3v) is 1.77. The van der Waals surface area contributed by atoms with Gasteiger partial charge in [-0.1, -0.05) is 11.8 Å². The Bertz CT molecular complexity index is 465. The molecule has 4 nitrogen and oxygen atoms in total. The van der Waals surface area contributed by atoms with E-state index in [0.29, 0.717) is 5.75 Å². The quantitative estimate of drug-likeness (QED) is 0.251. The van der Waals surface area contributed by atoms with Crippen LogP contribution in [0.2, 0.25) is 0 Å². The molecule has 0 amide bonds. The molecule has 0 saturated heterocycles. The Kier molecular flexibility index (Phi) is 3.52. The van der Waals surface area contributed by atoms with E-state index in [9.17, 15) is 14.5 Å². The summed E-state index contributed by atoms with van der Waals surface area (Å²) in [6.07, 6.45) is 0. The van der Waals surface area contributed by atoms with Gasteiger partial charge >= 0.3 is 0 Å². The monoisotopic (exact) mass is 226 g/mol. The third kappa shape index (κ3) is 2.60. The standard InChI is InChI=1S/C9H7FN2O2S/c10-7-4-6(2-1-3-15)5-8(9(7)11)12(13)14/h4-5,15H,3,11H2. The zero-order valence-electron chi connectivity index (χ0n) is 7.53. The molecule has 0 aliphatic rings. The minimum atomic E-state index is -0.840. The van der Waals surface area contributed by atoms with Crippen LogP contribution in [0.3, 0.4) is 0 Å². The molecule has 15 heavy (non-hydrogen) atoms. The molecular weight excluding hydrogens is 219 g/mol. The lowest BCUT2D eigenvalue weighted by Gasteiger charge is -1.99. The second-order valence-corrected chi connectivity index (χ2v) is 2.92. The van der Waals surface area contributed by atoms with Crippen molar-refractivity contribution in [3.8, 4) is 11.8 Å². The molecule has 0 bridgehead atoms. The van der Waals surface area contributed by atoms with Crippen LogP contribution < -0.4 is 5.73 Å². The van der Waals surface area contributed by atoms with Crippen molar-refractivity contribution in [2.24, 2.45) is 0 Å². The summed E-state index contributed by atoms with van der Waals surface area (Å²) in [6.45, 7) is 0. The van der Waals surface area contributed by atoms with Crippen molar-refractivity contribution >= 4 is 24.0 Å². The summed E-state index contributed by atoms with van der Waals surface area (Å²) < 4.78 is 13.1. The first-order chi connectivity index (χ1) is 7.06.